The maximum atomic E-state index is 13.4. The minimum Gasteiger partial charge on any atom is -0.354 e. The van der Waals surface area contributed by atoms with Gasteiger partial charge in [0.15, 0.2) is 0 Å². The molecule has 0 radical (unpaired) electrons. The topological polar surface area (TPSA) is 49.4 Å². The lowest BCUT2D eigenvalue weighted by Gasteiger charge is -2.31. The molecule has 1 N–H and O–H groups in total. The summed E-state index contributed by atoms with van der Waals surface area (Å²) in [6, 6.07) is 9.54. The number of hydrogen-bond donors (Lipinski definition) is 1. The zero-order valence-corrected chi connectivity index (χ0v) is 20.7. The van der Waals surface area contributed by atoms with Gasteiger partial charge in [0.25, 0.3) is 0 Å². The number of hydrogen-bond acceptors (Lipinski definition) is 2. The summed E-state index contributed by atoms with van der Waals surface area (Å²) in [5.41, 5.74) is 1.30. The van der Waals surface area contributed by atoms with E-state index in [9.17, 15) is 9.59 Å². The van der Waals surface area contributed by atoms with Gasteiger partial charge in [0, 0.05) is 28.7 Å². The van der Waals surface area contributed by atoms with Crippen LogP contribution in [0.1, 0.15) is 38.3 Å². The van der Waals surface area contributed by atoms with Crippen LogP contribution < -0.4 is 5.32 Å². The van der Waals surface area contributed by atoms with Gasteiger partial charge in [-0.2, -0.15) is 0 Å². The van der Waals surface area contributed by atoms with E-state index in [0.29, 0.717) is 50.1 Å². The van der Waals surface area contributed by atoms with Crippen molar-refractivity contribution in [2.75, 3.05) is 6.54 Å². The number of rotatable bonds is 9. The van der Waals surface area contributed by atoms with E-state index in [4.69, 9.17) is 46.4 Å². The lowest BCUT2D eigenvalue weighted by Crippen LogP contribution is -2.50. The van der Waals surface area contributed by atoms with Crippen LogP contribution in [-0.2, 0) is 22.6 Å². The van der Waals surface area contributed by atoms with Crippen LogP contribution in [0.4, 0.5) is 0 Å². The molecule has 2 amide bonds. The minimum atomic E-state index is -0.665. The molecule has 2 rings (SSSR count). The van der Waals surface area contributed by atoms with Gasteiger partial charge in [-0.05, 0) is 42.2 Å². The number of amides is 2. The average Bonchev–Trinajstić information content (AvgIpc) is 2.71. The first-order chi connectivity index (χ1) is 14.6. The van der Waals surface area contributed by atoms with E-state index >= 15 is 0 Å². The SMILES string of the molecule is CC[C@H](C(=O)NCC(C)C)N(Cc1c(Cl)cccc1Cl)C(=O)Cc1ccc(Cl)c(Cl)c1. The number of halogens is 4. The second-order valence-corrected chi connectivity index (χ2v) is 9.34. The van der Waals surface area contributed by atoms with Gasteiger partial charge in [-0.3, -0.25) is 9.59 Å². The highest BCUT2D eigenvalue weighted by atomic mass is 35.5. The zero-order valence-electron chi connectivity index (χ0n) is 17.7. The molecule has 4 nitrogen and oxygen atoms in total. The molecule has 0 aromatic heterocycles. The van der Waals surface area contributed by atoms with Gasteiger partial charge in [0.05, 0.1) is 16.5 Å². The van der Waals surface area contributed by atoms with Crippen LogP contribution in [0.2, 0.25) is 20.1 Å². The highest BCUT2D eigenvalue weighted by Crippen LogP contribution is 2.28. The summed E-state index contributed by atoms with van der Waals surface area (Å²) in [4.78, 5) is 27.8. The summed E-state index contributed by atoms with van der Waals surface area (Å²) in [6.07, 6.45) is 0.506. The molecule has 2 aromatic carbocycles. The summed E-state index contributed by atoms with van der Waals surface area (Å²) in [5.74, 6) is -0.150. The third-order valence-electron chi connectivity index (χ3n) is 4.80. The van der Waals surface area contributed by atoms with Crippen LogP contribution in [-0.4, -0.2) is 29.3 Å². The Morgan fingerprint density at radius 1 is 0.968 bits per heavy atom. The summed E-state index contributed by atoms with van der Waals surface area (Å²) in [7, 11) is 0. The van der Waals surface area contributed by atoms with Crippen molar-refractivity contribution >= 4 is 58.2 Å². The lowest BCUT2D eigenvalue weighted by molar-refractivity contribution is -0.141. The first-order valence-corrected chi connectivity index (χ1v) is 11.6. The van der Waals surface area contributed by atoms with E-state index in [0.717, 1.165) is 0 Å². The van der Waals surface area contributed by atoms with Crippen LogP contribution >= 0.6 is 46.4 Å². The van der Waals surface area contributed by atoms with Gasteiger partial charge in [0.1, 0.15) is 6.04 Å². The first-order valence-electron chi connectivity index (χ1n) is 10.1. The fraction of sp³-hybridized carbons (Fsp3) is 0.391. The van der Waals surface area contributed by atoms with Gasteiger partial charge in [-0.25, -0.2) is 0 Å². The van der Waals surface area contributed by atoms with Gasteiger partial charge < -0.3 is 10.2 Å². The monoisotopic (exact) mass is 502 g/mol. The number of carbonyl (C=O) groups is 2. The first kappa shape index (κ1) is 25.8. The Morgan fingerprint density at radius 2 is 1.61 bits per heavy atom. The Labute approximate surface area is 203 Å². The molecular formula is C23H26Cl4N2O2. The molecule has 0 aliphatic heterocycles. The van der Waals surface area contributed by atoms with E-state index < -0.39 is 6.04 Å². The summed E-state index contributed by atoms with van der Waals surface area (Å²) < 4.78 is 0. The standard InChI is InChI=1S/C23H26Cl4N2O2/c1-4-21(23(31)28-12-14(2)3)29(13-16-17(24)6-5-7-18(16)25)22(30)11-15-8-9-19(26)20(27)10-15/h5-10,14,21H,4,11-13H2,1-3H3,(H,28,31)/t21-/m1/s1. The average molecular weight is 504 g/mol. The Hall–Kier alpha value is -1.46. The van der Waals surface area contributed by atoms with Crippen molar-refractivity contribution in [2.24, 2.45) is 5.92 Å². The van der Waals surface area contributed by atoms with Gasteiger partial charge in [-0.1, -0.05) is 79.3 Å². The van der Waals surface area contributed by atoms with Crippen molar-refractivity contribution in [1.29, 1.82) is 0 Å². The van der Waals surface area contributed by atoms with Crippen LogP contribution in [0, 0.1) is 5.92 Å². The van der Waals surface area contributed by atoms with Gasteiger partial charge >= 0.3 is 0 Å². The Morgan fingerprint density at radius 3 is 2.16 bits per heavy atom. The third kappa shape index (κ3) is 7.28. The van der Waals surface area contributed by atoms with Crippen molar-refractivity contribution in [3.8, 4) is 0 Å². The predicted molar refractivity (Wildman–Crippen MR) is 129 cm³/mol. The van der Waals surface area contributed by atoms with Crippen LogP contribution in [0.25, 0.3) is 0 Å². The second kappa shape index (κ2) is 12.0. The van der Waals surface area contributed by atoms with E-state index in [1.54, 1.807) is 36.4 Å². The second-order valence-electron chi connectivity index (χ2n) is 7.71. The largest absolute Gasteiger partial charge is 0.354 e. The minimum absolute atomic E-state index is 0.0624. The molecule has 0 heterocycles. The van der Waals surface area contributed by atoms with E-state index in [1.807, 2.05) is 20.8 Å². The lowest BCUT2D eigenvalue weighted by atomic mass is 10.1. The number of nitrogens with one attached hydrogen (secondary N) is 1. The fourth-order valence-electron chi connectivity index (χ4n) is 3.12. The number of benzene rings is 2. The molecule has 0 fully saturated rings. The van der Waals surface area contributed by atoms with Crippen molar-refractivity contribution in [3.05, 3.63) is 67.6 Å². The van der Waals surface area contributed by atoms with E-state index in [2.05, 4.69) is 5.32 Å². The molecule has 8 heteroatoms. The van der Waals surface area contributed by atoms with Gasteiger partial charge in [-0.15, -0.1) is 0 Å². The molecule has 0 aliphatic carbocycles. The van der Waals surface area contributed by atoms with E-state index in [1.165, 1.54) is 4.90 Å². The summed E-state index contributed by atoms with van der Waals surface area (Å²) in [6.45, 7) is 6.53. The quantitative estimate of drug-likeness (QED) is 0.429. The van der Waals surface area contributed by atoms with E-state index in [-0.39, 0.29) is 24.8 Å². The molecule has 0 saturated heterocycles. The Balaban J connectivity index is 2.36. The molecule has 168 valence electrons. The third-order valence-corrected chi connectivity index (χ3v) is 6.25. The zero-order chi connectivity index (χ0) is 23.1. The number of carbonyl (C=O) groups excluding carboxylic acids is 2. The van der Waals surface area contributed by atoms with Crippen LogP contribution in [0.15, 0.2) is 36.4 Å². The van der Waals surface area contributed by atoms with Crippen molar-refractivity contribution in [2.45, 2.75) is 46.2 Å². The summed E-state index contributed by atoms with van der Waals surface area (Å²) in [5, 5.41) is 4.59. The molecule has 0 bridgehead atoms. The molecular weight excluding hydrogens is 478 g/mol. The van der Waals surface area contributed by atoms with Gasteiger partial charge in [0.2, 0.25) is 11.8 Å². The Bertz CT molecular complexity index is 914. The van der Waals surface area contributed by atoms with Crippen LogP contribution in [0.3, 0.4) is 0 Å². The molecule has 0 unspecified atom stereocenters. The van der Waals surface area contributed by atoms with Crippen molar-refractivity contribution < 1.29 is 9.59 Å². The maximum absolute atomic E-state index is 13.4. The van der Waals surface area contributed by atoms with Crippen molar-refractivity contribution in [1.82, 2.24) is 10.2 Å². The van der Waals surface area contributed by atoms with Crippen LogP contribution in [0.5, 0.6) is 0 Å². The fourth-order valence-corrected chi connectivity index (χ4v) is 3.96. The van der Waals surface area contributed by atoms with Crippen molar-refractivity contribution in [3.63, 3.8) is 0 Å². The summed E-state index contributed by atoms with van der Waals surface area (Å²) >= 11 is 24.8. The smallest absolute Gasteiger partial charge is 0.242 e. The molecule has 0 saturated carbocycles. The molecule has 2 aromatic rings. The maximum Gasteiger partial charge on any atom is 0.242 e. The highest BCUT2D eigenvalue weighted by molar-refractivity contribution is 6.42. The highest BCUT2D eigenvalue weighted by Gasteiger charge is 2.29. The normalized spacial score (nSPS) is 12.0. The molecule has 0 spiro atoms. The number of nitrogens with zero attached hydrogens (tertiary/aromatic N) is 1. The Kier molecular flexibility index (Phi) is 9.95. The predicted octanol–water partition coefficient (Wildman–Crippen LogP) is 6.42. The molecule has 0 aliphatic rings. The molecule has 31 heavy (non-hydrogen) atoms. The molecule has 1 atom stereocenters.